The fourth-order valence-corrected chi connectivity index (χ4v) is 5.52. The number of hydrogen-bond acceptors (Lipinski definition) is 5. The van der Waals surface area contributed by atoms with Crippen molar-refractivity contribution in [1.82, 2.24) is 9.99 Å². The van der Waals surface area contributed by atoms with E-state index in [1.807, 2.05) is 0 Å². The van der Waals surface area contributed by atoms with Gasteiger partial charge in [0.15, 0.2) is 0 Å². The summed E-state index contributed by atoms with van der Waals surface area (Å²) >= 11 is 3.96. The Morgan fingerprint density at radius 1 is 1.16 bits per heavy atom. The molecule has 174 valence electrons. The maximum Gasteiger partial charge on any atom is 0.573 e. The number of nitrogens with zero attached hydrogens (tertiary/aromatic N) is 1. The smallest absolute Gasteiger partial charge is 0.406 e. The van der Waals surface area contributed by atoms with Gasteiger partial charge in [0.1, 0.15) is 5.75 Å². The number of thiol groups is 1. The Hall–Kier alpha value is -2.00. The number of nitrogens with one attached hydrogen (secondary N) is 1. The van der Waals surface area contributed by atoms with E-state index in [1.54, 1.807) is 41.7 Å². The van der Waals surface area contributed by atoms with E-state index in [2.05, 4.69) is 22.7 Å². The molecule has 0 saturated carbocycles. The molecule has 1 N–H and O–H groups in total. The summed E-state index contributed by atoms with van der Waals surface area (Å²) in [6.45, 7) is 2.61. The van der Waals surface area contributed by atoms with Crippen LogP contribution in [0.5, 0.6) is 5.75 Å². The zero-order chi connectivity index (χ0) is 23.4. The van der Waals surface area contributed by atoms with Gasteiger partial charge in [0.2, 0.25) is 0 Å². The first-order valence-electron chi connectivity index (χ1n) is 9.93. The van der Waals surface area contributed by atoms with Crippen LogP contribution >= 0.6 is 20.1 Å². The maximum atomic E-state index is 12.7. The standard InChI is InChI=1S/C21H24F3N2O4PS/c1-31(28,29-14-32)26-10-8-18(9-11-26)25-20(27)17-6-2-4-15(12-17)16-5-3-7-19(13-16)30-21(22,23)24/h2-7,12-13,18,32H,8-11,14H2,1H3,(H,25,27). The van der Waals surface area contributed by atoms with Crippen LogP contribution in [0.25, 0.3) is 11.1 Å². The normalized spacial score (nSPS) is 17.5. The molecule has 1 heterocycles. The molecule has 0 aromatic heterocycles. The summed E-state index contributed by atoms with van der Waals surface area (Å²) in [5.74, 6) is -0.530. The number of amides is 1. The van der Waals surface area contributed by atoms with Gasteiger partial charge in [0.05, 0.1) is 5.94 Å². The van der Waals surface area contributed by atoms with Crippen LogP contribution in [0.15, 0.2) is 48.5 Å². The molecular formula is C21H24F3N2O4PS. The van der Waals surface area contributed by atoms with Gasteiger partial charge in [-0.3, -0.25) is 9.36 Å². The number of benzene rings is 2. The first kappa shape index (κ1) is 24.6. The molecule has 0 radical (unpaired) electrons. The molecule has 1 fully saturated rings. The van der Waals surface area contributed by atoms with Crippen molar-refractivity contribution in [3.63, 3.8) is 0 Å². The van der Waals surface area contributed by atoms with Crippen LogP contribution < -0.4 is 10.1 Å². The zero-order valence-electron chi connectivity index (χ0n) is 17.3. The Balaban J connectivity index is 1.64. The highest BCUT2D eigenvalue weighted by Crippen LogP contribution is 2.48. The van der Waals surface area contributed by atoms with Gasteiger partial charge in [-0.05, 0) is 48.2 Å². The predicted octanol–water partition coefficient (Wildman–Crippen LogP) is 5.17. The largest absolute Gasteiger partial charge is 0.573 e. The molecule has 1 saturated heterocycles. The number of piperidine rings is 1. The van der Waals surface area contributed by atoms with Crippen LogP contribution in [0, 0.1) is 0 Å². The lowest BCUT2D eigenvalue weighted by Crippen LogP contribution is -2.43. The molecular weight excluding hydrogens is 464 g/mol. The van der Waals surface area contributed by atoms with Crippen molar-refractivity contribution in [2.45, 2.75) is 25.2 Å². The summed E-state index contributed by atoms with van der Waals surface area (Å²) in [7, 11) is -2.88. The van der Waals surface area contributed by atoms with E-state index < -0.39 is 13.9 Å². The summed E-state index contributed by atoms with van der Waals surface area (Å²) in [6, 6.07) is 12.2. The topological polar surface area (TPSA) is 67.9 Å². The van der Waals surface area contributed by atoms with Gasteiger partial charge in [-0.2, -0.15) is 12.6 Å². The number of alkyl halides is 3. The van der Waals surface area contributed by atoms with E-state index in [-0.39, 0.29) is 23.6 Å². The van der Waals surface area contributed by atoms with Gasteiger partial charge in [-0.15, -0.1) is 13.2 Å². The van der Waals surface area contributed by atoms with E-state index in [0.29, 0.717) is 42.6 Å². The third kappa shape index (κ3) is 6.75. The van der Waals surface area contributed by atoms with Crippen LogP contribution in [0.3, 0.4) is 0 Å². The highest BCUT2D eigenvalue weighted by molar-refractivity contribution is 7.80. The lowest BCUT2D eigenvalue weighted by atomic mass is 10.0. The second-order valence-corrected chi connectivity index (χ2v) is 10.1. The third-order valence-corrected chi connectivity index (χ3v) is 7.51. The van der Waals surface area contributed by atoms with Crippen molar-refractivity contribution in [2.75, 3.05) is 25.7 Å². The monoisotopic (exact) mass is 488 g/mol. The number of hydrogen-bond donors (Lipinski definition) is 2. The van der Waals surface area contributed by atoms with Gasteiger partial charge >= 0.3 is 6.36 Å². The molecule has 1 amide bonds. The van der Waals surface area contributed by atoms with Crippen LogP contribution in [-0.4, -0.2) is 48.7 Å². The molecule has 3 rings (SSSR count). The molecule has 0 aliphatic carbocycles. The van der Waals surface area contributed by atoms with Crippen molar-refractivity contribution < 1.29 is 31.8 Å². The van der Waals surface area contributed by atoms with E-state index >= 15 is 0 Å². The van der Waals surface area contributed by atoms with Gasteiger partial charge in [-0.25, -0.2) is 4.67 Å². The van der Waals surface area contributed by atoms with Gasteiger partial charge in [-0.1, -0.05) is 24.3 Å². The first-order chi connectivity index (χ1) is 15.1. The van der Waals surface area contributed by atoms with Crippen LogP contribution in [0.4, 0.5) is 13.2 Å². The van der Waals surface area contributed by atoms with Crippen molar-refractivity contribution >= 4 is 26.1 Å². The van der Waals surface area contributed by atoms with Crippen LogP contribution in [-0.2, 0) is 9.09 Å². The number of rotatable bonds is 7. The third-order valence-electron chi connectivity index (χ3n) is 5.14. The zero-order valence-corrected chi connectivity index (χ0v) is 19.1. The molecule has 2 aromatic carbocycles. The fourth-order valence-electron chi connectivity index (χ4n) is 3.54. The molecule has 0 bridgehead atoms. The molecule has 32 heavy (non-hydrogen) atoms. The summed E-state index contributed by atoms with van der Waals surface area (Å²) in [5, 5.41) is 2.98. The van der Waals surface area contributed by atoms with Crippen molar-refractivity contribution in [3.05, 3.63) is 54.1 Å². The molecule has 1 atom stereocenters. The quantitative estimate of drug-likeness (QED) is 0.320. The van der Waals surface area contributed by atoms with Gasteiger partial charge in [0.25, 0.3) is 13.4 Å². The van der Waals surface area contributed by atoms with Gasteiger partial charge in [0, 0.05) is 31.4 Å². The lowest BCUT2D eigenvalue weighted by Gasteiger charge is -2.35. The molecule has 1 aliphatic heterocycles. The average molecular weight is 488 g/mol. The Morgan fingerprint density at radius 3 is 2.41 bits per heavy atom. The first-order valence-corrected chi connectivity index (χ1v) is 12.6. The van der Waals surface area contributed by atoms with Crippen molar-refractivity contribution in [3.8, 4) is 16.9 Å². The van der Waals surface area contributed by atoms with Crippen molar-refractivity contribution in [2.24, 2.45) is 0 Å². The molecule has 2 aromatic rings. The fraction of sp³-hybridized carbons (Fsp3) is 0.381. The average Bonchev–Trinajstić information content (AvgIpc) is 2.73. The second-order valence-electron chi connectivity index (χ2n) is 7.42. The SMILES string of the molecule is CP(=O)(OCS)N1CCC(NC(=O)c2cccc(-c3cccc(OC(F)(F)F)c3)c2)CC1. The number of halogens is 3. The Bertz CT molecular complexity index is 997. The summed E-state index contributed by atoms with van der Waals surface area (Å²) in [5.41, 5.74) is 1.49. The number of carbonyl (C=O) groups is 1. The molecule has 0 spiro atoms. The molecule has 6 nitrogen and oxygen atoms in total. The minimum absolute atomic E-state index is 0.0754. The van der Waals surface area contributed by atoms with E-state index in [1.165, 1.54) is 18.2 Å². The lowest BCUT2D eigenvalue weighted by molar-refractivity contribution is -0.274. The molecule has 1 unspecified atom stereocenters. The Morgan fingerprint density at radius 2 is 1.78 bits per heavy atom. The number of ether oxygens (including phenoxy) is 1. The van der Waals surface area contributed by atoms with E-state index in [9.17, 15) is 22.5 Å². The highest BCUT2D eigenvalue weighted by Gasteiger charge is 2.32. The van der Waals surface area contributed by atoms with E-state index in [0.717, 1.165) is 0 Å². The highest BCUT2D eigenvalue weighted by atomic mass is 32.1. The summed E-state index contributed by atoms with van der Waals surface area (Å²) in [4.78, 5) is 12.7. The second kappa shape index (κ2) is 10.3. The predicted molar refractivity (Wildman–Crippen MR) is 119 cm³/mol. The summed E-state index contributed by atoms with van der Waals surface area (Å²) < 4.78 is 60.9. The van der Waals surface area contributed by atoms with Crippen LogP contribution in [0.2, 0.25) is 0 Å². The molecule has 1 aliphatic rings. The minimum Gasteiger partial charge on any atom is -0.406 e. The van der Waals surface area contributed by atoms with E-state index in [4.69, 9.17) is 4.52 Å². The summed E-state index contributed by atoms with van der Waals surface area (Å²) in [6.07, 6.45) is -3.54. The van der Waals surface area contributed by atoms with Gasteiger partial charge < -0.3 is 14.6 Å². The van der Waals surface area contributed by atoms with Crippen molar-refractivity contribution in [1.29, 1.82) is 0 Å². The number of carbonyl (C=O) groups excluding carboxylic acids is 1. The maximum absolute atomic E-state index is 12.7. The Labute approximate surface area is 190 Å². The van der Waals surface area contributed by atoms with Crippen LogP contribution in [0.1, 0.15) is 23.2 Å². The minimum atomic E-state index is -4.78. The Kier molecular flexibility index (Phi) is 7.92. The molecule has 11 heteroatoms.